The van der Waals surface area contributed by atoms with E-state index in [-0.39, 0.29) is 64.0 Å². The number of nitrogens with one attached hydrogen (secondary N) is 1. The Bertz CT molecular complexity index is 1250. The fourth-order valence-corrected chi connectivity index (χ4v) is 6.57. The summed E-state index contributed by atoms with van der Waals surface area (Å²) in [6, 6.07) is 7.22. The minimum atomic E-state index is -1.60. The molecule has 3 N–H and O–H groups in total. The minimum Gasteiger partial charge on any atom is -0.549 e. The van der Waals surface area contributed by atoms with Crippen LogP contribution in [0.5, 0.6) is 0 Å². The fraction of sp³-hybridized carbons (Fsp3) is 0.333. The summed E-state index contributed by atoms with van der Waals surface area (Å²) in [6.45, 7) is -0.693. The van der Waals surface area contributed by atoms with Crippen molar-refractivity contribution in [3.05, 3.63) is 45.4 Å². The molecule has 12 nitrogen and oxygen atoms in total. The van der Waals surface area contributed by atoms with Gasteiger partial charge in [0, 0.05) is 12.3 Å². The molecule has 1 aromatic heterocycles. The Morgan fingerprint density at radius 3 is 2.65 bits per heavy atom. The van der Waals surface area contributed by atoms with Crippen LogP contribution in [0.1, 0.15) is 16.1 Å². The van der Waals surface area contributed by atoms with Crippen LogP contribution in [0.15, 0.2) is 39.3 Å². The number of carbonyl (C=O) groups excluding carboxylic acids is 4. The van der Waals surface area contributed by atoms with Crippen molar-refractivity contribution < 1.29 is 63.4 Å². The number of oxime groups is 1. The van der Waals surface area contributed by atoms with Crippen molar-refractivity contribution in [1.29, 1.82) is 0 Å². The number of fused-ring (bicyclic) bond motifs is 1. The van der Waals surface area contributed by atoms with Crippen LogP contribution < -0.4 is 45.7 Å². The number of thioether (sulfide) groups is 1. The van der Waals surface area contributed by atoms with Gasteiger partial charge in [-0.1, -0.05) is 34.7 Å². The Morgan fingerprint density at radius 1 is 1.35 bits per heavy atom. The summed E-state index contributed by atoms with van der Waals surface area (Å²) < 4.78 is 5.72. The number of hydrogen-bond donors (Lipinski definition) is 2. The zero-order chi connectivity index (χ0) is 26.0. The van der Waals surface area contributed by atoms with Gasteiger partial charge in [0.1, 0.15) is 34.6 Å². The predicted octanol–water partition coefficient (Wildman–Crippen LogP) is -3.16. The first-order valence-electron chi connectivity index (χ1n) is 10.4. The van der Waals surface area contributed by atoms with Crippen LogP contribution in [0.3, 0.4) is 0 Å². The van der Waals surface area contributed by atoms with E-state index >= 15 is 0 Å². The Balaban J connectivity index is 0.00000380. The van der Waals surface area contributed by atoms with Gasteiger partial charge in [-0.15, -0.1) is 11.8 Å². The summed E-state index contributed by atoms with van der Waals surface area (Å²) in [5.74, 6) is -3.31. The van der Waals surface area contributed by atoms with Gasteiger partial charge in [0.2, 0.25) is 5.91 Å². The molecule has 2 aliphatic rings. The maximum Gasteiger partial charge on any atom is 1.00 e. The molecule has 37 heavy (non-hydrogen) atoms. The molecular weight excluding hydrogens is 601 g/mol. The maximum absolute atomic E-state index is 12.9. The number of benzene rings is 1. The zero-order valence-corrected chi connectivity index (χ0v) is 24.9. The van der Waals surface area contributed by atoms with Crippen LogP contribution in [0.2, 0.25) is 0 Å². The average molecular weight is 620 g/mol. The number of nitrogen functional groups attached to an aromatic ring is 1. The second-order valence-corrected chi connectivity index (χ2v) is 11.4. The van der Waals surface area contributed by atoms with Crippen molar-refractivity contribution in [2.45, 2.75) is 11.4 Å². The third-order valence-electron chi connectivity index (χ3n) is 5.58. The molecule has 0 aliphatic carbocycles. The fourth-order valence-electron chi connectivity index (χ4n) is 3.71. The van der Waals surface area contributed by atoms with Gasteiger partial charge in [0.25, 0.3) is 5.91 Å². The van der Waals surface area contributed by atoms with E-state index in [2.05, 4.69) is 31.4 Å². The van der Waals surface area contributed by atoms with E-state index < -0.39 is 47.2 Å². The summed E-state index contributed by atoms with van der Waals surface area (Å²) in [5.41, 5.74) is 4.35. The second-order valence-electron chi connectivity index (χ2n) is 7.93. The largest absolute Gasteiger partial charge is 1.00 e. The molecule has 2 aliphatic heterocycles. The molecule has 16 heteroatoms. The first-order chi connectivity index (χ1) is 17.2. The van der Waals surface area contributed by atoms with Gasteiger partial charge in [0.05, 0.1) is 16.9 Å². The van der Waals surface area contributed by atoms with Crippen LogP contribution in [0.25, 0.3) is 0 Å². The van der Waals surface area contributed by atoms with Crippen LogP contribution in [0.4, 0.5) is 5.13 Å². The molecule has 2 unspecified atom stereocenters. The summed E-state index contributed by atoms with van der Waals surface area (Å²) in [5, 5.41) is 18.1. The molecule has 2 amide bonds. The number of aromatic nitrogens is 1. The molecule has 2 aromatic rings. The van der Waals surface area contributed by atoms with E-state index in [9.17, 15) is 24.3 Å². The quantitative estimate of drug-likeness (QED) is 0.101. The number of nitrogens with two attached hydrogens (primary N) is 1. The van der Waals surface area contributed by atoms with Gasteiger partial charge < -0.3 is 35.4 Å². The first-order valence-corrected chi connectivity index (χ1v) is 13.0. The molecule has 2 saturated heterocycles. The Morgan fingerprint density at radius 2 is 2.05 bits per heavy atom. The summed E-state index contributed by atoms with van der Waals surface area (Å²) in [6.07, 6.45) is 0. The third kappa shape index (κ3) is 5.96. The topological polar surface area (TPSA) is 176 Å². The van der Waals surface area contributed by atoms with Crippen molar-refractivity contribution in [1.82, 2.24) is 15.2 Å². The van der Waals surface area contributed by atoms with Gasteiger partial charge in [0.15, 0.2) is 10.8 Å². The number of rotatable bonds is 8. The van der Waals surface area contributed by atoms with Gasteiger partial charge >= 0.3 is 35.5 Å². The molecule has 0 spiro atoms. The SMILES string of the molecule is CON=C(C(=O)NC1C(=O)N2CC(COC(=O)c3ccccc3)(C(=O)[O-])CS[C@H]12)c1nc(N)sc1Br.[Na+]. The molecule has 3 atom stereocenters. The van der Waals surface area contributed by atoms with Crippen molar-refractivity contribution in [3.63, 3.8) is 0 Å². The normalized spacial score (nSPS) is 22.7. The van der Waals surface area contributed by atoms with Gasteiger partial charge in [-0.25, -0.2) is 9.78 Å². The Hall–Kier alpha value is -2.17. The Labute approximate surface area is 249 Å². The van der Waals surface area contributed by atoms with E-state index in [1.807, 2.05) is 0 Å². The molecule has 190 valence electrons. The number of β-lactam (4-membered cyclic amide) rings is 1. The van der Waals surface area contributed by atoms with E-state index in [0.717, 1.165) is 23.1 Å². The molecule has 0 saturated carbocycles. The predicted molar refractivity (Wildman–Crippen MR) is 132 cm³/mol. The number of hydrogen-bond acceptors (Lipinski definition) is 12. The van der Waals surface area contributed by atoms with E-state index in [1.54, 1.807) is 30.3 Å². The third-order valence-corrected chi connectivity index (χ3v) is 8.70. The number of aliphatic carboxylic acids is 1. The van der Waals surface area contributed by atoms with E-state index in [0.29, 0.717) is 3.79 Å². The van der Waals surface area contributed by atoms with Gasteiger partial charge in [-0.2, -0.15) is 0 Å². The number of halogens is 1. The summed E-state index contributed by atoms with van der Waals surface area (Å²) in [7, 11) is 1.26. The number of amides is 2. The number of anilines is 1. The molecule has 0 bridgehead atoms. The zero-order valence-electron chi connectivity index (χ0n) is 19.6. The van der Waals surface area contributed by atoms with Crippen LogP contribution >= 0.6 is 39.0 Å². The van der Waals surface area contributed by atoms with Gasteiger partial charge in [-0.05, 0) is 28.1 Å². The van der Waals surface area contributed by atoms with Crippen molar-refractivity contribution in [2.24, 2.45) is 10.6 Å². The van der Waals surface area contributed by atoms with Gasteiger partial charge in [-0.3, -0.25) is 9.59 Å². The standard InChI is InChI=1S/C21H20BrN5O7S2.Na/c1-33-26-12(11-14(22)36-20(23)25-11)15(28)24-13-16(29)27-7-21(19(31)32,9-35-17(13)27)8-34-18(30)10-5-3-2-4-6-10;/h2-6,13,17H,7-9H2,1H3,(H2,23,25)(H,24,28)(H,31,32);/q;+1/p-1/t13?,17-,21?;/m1./s1. The molecule has 0 radical (unpaired) electrons. The smallest absolute Gasteiger partial charge is 0.549 e. The molecule has 1 aromatic carbocycles. The number of carboxylic acids is 1. The number of carbonyl (C=O) groups is 4. The van der Waals surface area contributed by atoms with Crippen molar-refractivity contribution in [2.75, 3.05) is 31.7 Å². The van der Waals surface area contributed by atoms with Crippen LogP contribution in [-0.2, 0) is 24.0 Å². The monoisotopic (exact) mass is 619 g/mol. The summed E-state index contributed by atoms with van der Waals surface area (Å²) >= 11 is 5.51. The number of ether oxygens (including phenoxy) is 1. The average Bonchev–Trinajstić information content (AvgIpc) is 3.21. The number of carboxylic acid groups (broad SMARTS) is 1. The Kier molecular flexibility index (Phi) is 9.63. The van der Waals surface area contributed by atoms with Crippen LogP contribution in [-0.4, -0.2) is 76.8 Å². The first kappa shape index (κ1) is 29.4. The number of thiazole rings is 1. The van der Waals surface area contributed by atoms with Crippen molar-refractivity contribution >= 4 is 73.6 Å². The van der Waals surface area contributed by atoms with E-state index in [1.165, 1.54) is 12.0 Å². The van der Waals surface area contributed by atoms with Crippen molar-refractivity contribution in [3.8, 4) is 0 Å². The van der Waals surface area contributed by atoms with Crippen LogP contribution in [0, 0.1) is 5.41 Å². The minimum absolute atomic E-state index is 0. The van der Waals surface area contributed by atoms with E-state index in [4.69, 9.17) is 15.3 Å². The summed E-state index contributed by atoms with van der Waals surface area (Å²) in [4.78, 5) is 60.2. The molecule has 3 heterocycles. The number of esters is 1. The number of nitrogens with zero attached hydrogens (tertiary/aromatic N) is 3. The molecular formula is C21H19BrN5NaO7S2. The molecule has 4 rings (SSSR count). The molecule has 2 fully saturated rings. The maximum atomic E-state index is 12.9. The second kappa shape index (κ2) is 12.1.